The van der Waals surface area contributed by atoms with Crippen LogP contribution in [0.5, 0.6) is 0 Å². The van der Waals surface area contributed by atoms with E-state index in [0.717, 1.165) is 19.7 Å². The van der Waals surface area contributed by atoms with E-state index in [2.05, 4.69) is 38.4 Å². The molecule has 0 spiro atoms. The van der Waals surface area contributed by atoms with Crippen LogP contribution in [0.15, 0.2) is 36.0 Å². The van der Waals surface area contributed by atoms with Crippen molar-refractivity contribution in [3.63, 3.8) is 0 Å². The third-order valence-electron chi connectivity index (χ3n) is 4.41. The summed E-state index contributed by atoms with van der Waals surface area (Å²) in [6, 6.07) is 7.26. The quantitative estimate of drug-likeness (QED) is 0.870. The van der Waals surface area contributed by atoms with Crippen molar-refractivity contribution in [1.82, 2.24) is 14.7 Å². The van der Waals surface area contributed by atoms with Gasteiger partial charge >= 0.3 is 0 Å². The maximum Gasteiger partial charge on any atom is 0.0966 e. The Morgan fingerprint density at radius 2 is 2.35 bits per heavy atom. The standard InChI is InChI=1S/C15H19N3OS/c1-5-13-15(19-8-1)14(18-7-3-6-16-18)11-17(13)10-12-4-2-9-20-12/h2-4,6-7,9,13-15H,1,5,8,10-11H2/t13-,14-,15+/m1/s1. The van der Waals surface area contributed by atoms with Crippen molar-refractivity contribution < 1.29 is 4.74 Å². The Hall–Kier alpha value is -1.17. The van der Waals surface area contributed by atoms with Gasteiger partial charge in [0.25, 0.3) is 0 Å². The van der Waals surface area contributed by atoms with Gasteiger partial charge in [0, 0.05) is 43.0 Å². The van der Waals surface area contributed by atoms with Crippen molar-refractivity contribution in [2.24, 2.45) is 0 Å². The predicted molar refractivity (Wildman–Crippen MR) is 78.8 cm³/mol. The monoisotopic (exact) mass is 289 g/mol. The van der Waals surface area contributed by atoms with Crippen molar-refractivity contribution in [2.45, 2.75) is 37.6 Å². The zero-order valence-electron chi connectivity index (χ0n) is 11.4. The highest BCUT2D eigenvalue weighted by Crippen LogP contribution is 2.36. The molecular formula is C15H19N3OS. The minimum absolute atomic E-state index is 0.295. The number of aromatic nitrogens is 2. The van der Waals surface area contributed by atoms with E-state index < -0.39 is 0 Å². The van der Waals surface area contributed by atoms with Gasteiger partial charge in [-0.1, -0.05) is 6.07 Å². The number of thiophene rings is 1. The van der Waals surface area contributed by atoms with E-state index in [-0.39, 0.29) is 0 Å². The number of rotatable bonds is 3. The third-order valence-corrected chi connectivity index (χ3v) is 5.27. The van der Waals surface area contributed by atoms with Crippen molar-refractivity contribution in [2.75, 3.05) is 13.2 Å². The summed E-state index contributed by atoms with van der Waals surface area (Å²) in [7, 11) is 0. The van der Waals surface area contributed by atoms with Gasteiger partial charge in [0.05, 0.1) is 12.1 Å². The molecule has 2 saturated heterocycles. The van der Waals surface area contributed by atoms with Crippen LogP contribution in [0, 0.1) is 0 Å². The fraction of sp³-hybridized carbons (Fsp3) is 0.533. The smallest absolute Gasteiger partial charge is 0.0966 e. The Labute approximate surface area is 123 Å². The first-order chi connectivity index (χ1) is 9.92. The second-order valence-corrected chi connectivity index (χ2v) is 6.64. The largest absolute Gasteiger partial charge is 0.374 e. The normalized spacial score (nSPS) is 30.5. The summed E-state index contributed by atoms with van der Waals surface area (Å²) >= 11 is 1.84. The first-order valence-electron chi connectivity index (χ1n) is 7.29. The summed E-state index contributed by atoms with van der Waals surface area (Å²) in [5.41, 5.74) is 0. The van der Waals surface area contributed by atoms with E-state index in [0.29, 0.717) is 18.2 Å². The Morgan fingerprint density at radius 3 is 3.15 bits per heavy atom. The van der Waals surface area contributed by atoms with E-state index in [1.54, 1.807) is 0 Å². The van der Waals surface area contributed by atoms with Gasteiger partial charge in [0.2, 0.25) is 0 Å². The molecule has 2 fully saturated rings. The second kappa shape index (κ2) is 5.31. The highest BCUT2D eigenvalue weighted by Gasteiger charge is 2.44. The highest BCUT2D eigenvalue weighted by molar-refractivity contribution is 7.09. The molecule has 106 valence electrons. The van der Waals surface area contributed by atoms with Gasteiger partial charge in [0.1, 0.15) is 0 Å². The first kappa shape index (κ1) is 12.6. The van der Waals surface area contributed by atoms with Crippen molar-refractivity contribution >= 4 is 11.3 Å². The molecule has 5 heteroatoms. The Morgan fingerprint density at radius 1 is 1.35 bits per heavy atom. The highest BCUT2D eigenvalue weighted by atomic mass is 32.1. The molecule has 4 nitrogen and oxygen atoms in total. The molecule has 0 unspecified atom stereocenters. The van der Waals surface area contributed by atoms with Gasteiger partial charge in [-0.2, -0.15) is 5.10 Å². The molecule has 0 radical (unpaired) electrons. The maximum atomic E-state index is 6.09. The maximum absolute atomic E-state index is 6.09. The number of hydrogen-bond acceptors (Lipinski definition) is 4. The summed E-state index contributed by atoms with van der Waals surface area (Å²) in [5, 5.41) is 6.59. The van der Waals surface area contributed by atoms with Crippen molar-refractivity contribution in [3.8, 4) is 0 Å². The minimum atomic E-state index is 0.295. The lowest BCUT2D eigenvalue weighted by atomic mass is 10.0. The van der Waals surface area contributed by atoms with Gasteiger partial charge in [-0.25, -0.2) is 0 Å². The van der Waals surface area contributed by atoms with Crippen LogP contribution in [0.1, 0.15) is 23.8 Å². The molecule has 2 aromatic rings. The number of fused-ring (bicyclic) bond motifs is 1. The van der Waals surface area contributed by atoms with Gasteiger partial charge in [-0.15, -0.1) is 11.3 Å². The van der Waals surface area contributed by atoms with Gasteiger partial charge in [-0.05, 0) is 30.4 Å². The number of nitrogens with zero attached hydrogens (tertiary/aromatic N) is 3. The number of hydrogen-bond donors (Lipinski definition) is 0. The molecule has 0 N–H and O–H groups in total. The van der Waals surface area contributed by atoms with Gasteiger partial charge < -0.3 is 4.74 Å². The molecule has 2 aliphatic heterocycles. The summed E-state index contributed by atoms with van der Waals surface area (Å²) in [4.78, 5) is 4.03. The second-order valence-electron chi connectivity index (χ2n) is 5.61. The molecular weight excluding hydrogens is 270 g/mol. The van der Waals surface area contributed by atoms with Crippen LogP contribution < -0.4 is 0 Å². The van der Waals surface area contributed by atoms with Crippen molar-refractivity contribution in [3.05, 3.63) is 40.8 Å². The van der Waals surface area contributed by atoms with Gasteiger partial charge in [-0.3, -0.25) is 9.58 Å². The van der Waals surface area contributed by atoms with Crippen LogP contribution in [-0.2, 0) is 11.3 Å². The fourth-order valence-electron chi connectivity index (χ4n) is 3.52. The molecule has 0 amide bonds. The van der Waals surface area contributed by atoms with Crippen LogP contribution in [-0.4, -0.2) is 40.0 Å². The molecule has 0 bridgehead atoms. The number of likely N-dealkylation sites (tertiary alicyclic amines) is 1. The molecule has 20 heavy (non-hydrogen) atoms. The third kappa shape index (κ3) is 2.20. The van der Waals surface area contributed by atoms with Crippen molar-refractivity contribution in [1.29, 1.82) is 0 Å². The van der Waals surface area contributed by atoms with Crippen LogP contribution >= 0.6 is 11.3 Å². The molecule has 0 saturated carbocycles. The van der Waals surface area contributed by atoms with Gasteiger partial charge in [0.15, 0.2) is 0 Å². The van der Waals surface area contributed by atoms with Crippen LogP contribution in [0.3, 0.4) is 0 Å². The average molecular weight is 289 g/mol. The molecule has 2 aliphatic rings. The lowest BCUT2D eigenvalue weighted by molar-refractivity contribution is -0.0280. The SMILES string of the molecule is c1csc(CN2C[C@@H](n3cccn3)[C@H]3OCCC[C@H]32)c1. The zero-order valence-corrected chi connectivity index (χ0v) is 12.2. The molecule has 4 heterocycles. The molecule has 2 aromatic heterocycles. The Kier molecular flexibility index (Phi) is 3.34. The Balaban J connectivity index is 1.57. The lowest BCUT2D eigenvalue weighted by Crippen LogP contribution is -2.40. The molecule has 3 atom stereocenters. The summed E-state index contributed by atoms with van der Waals surface area (Å²) in [5.74, 6) is 0. The van der Waals surface area contributed by atoms with E-state index >= 15 is 0 Å². The molecule has 0 aromatic carbocycles. The van der Waals surface area contributed by atoms with E-state index in [4.69, 9.17) is 4.74 Å². The average Bonchev–Trinajstić information content (AvgIpc) is 3.19. The van der Waals surface area contributed by atoms with E-state index in [1.165, 1.54) is 17.7 Å². The summed E-state index contributed by atoms with van der Waals surface area (Å²) < 4.78 is 8.17. The van der Waals surface area contributed by atoms with E-state index in [1.807, 2.05) is 23.6 Å². The first-order valence-corrected chi connectivity index (χ1v) is 8.17. The zero-order chi connectivity index (χ0) is 13.4. The molecule has 4 rings (SSSR count). The van der Waals surface area contributed by atoms with E-state index in [9.17, 15) is 0 Å². The molecule has 0 aliphatic carbocycles. The van der Waals surface area contributed by atoms with Crippen LogP contribution in [0.4, 0.5) is 0 Å². The Bertz CT molecular complexity index is 539. The summed E-state index contributed by atoms with van der Waals surface area (Å²) in [6.45, 7) is 2.97. The lowest BCUT2D eigenvalue weighted by Gasteiger charge is -2.32. The van der Waals surface area contributed by atoms with Crippen LogP contribution in [0.25, 0.3) is 0 Å². The summed E-state index contributed by atoms with van der Waals surface area (Å²) in [6.07, 6.45) is 6.64. The minimum Gasteiger partial charge on any atom is -0.374 e. The van der Waals surface area contributed by atoms with Crippen LogP contribution in [0.2, 0.25) is 0 Å². The fourth-order valence-corrected chi connectivity index (χ4v) is 4.25. The predicted octanol–water partition coefficient (Wildman–Crippen LogP) is 2.55. The number of ether oxygens (including phenoxy) is 1. The topological polar surface area (TPSA) is 30.3 Å².